The normalized spacial score (nSPS) is 10.5. The lowest BCUT2D eigenvalue weighted by Gasteiger charge is -2.16. The van der Waals surface area contributed by atoms with Crippen LogP contribution in [0.4, 0.5) is 22.1 Å². The number of hydrogen-bond donors (Lipinski definition) is 3. The number of nitrogens with two attached hydrogens (primary N) is 1. The number of hydrogen-bond acceptors (Lipinski definition) is 5. The monoisotopic (exact) mass is 404 g/mol. The molecule has 4 N–H and O–H groups in total. The first-order valence-electron chi connectivity index (χ1n) is 9.99. The first-order chi connectivity index (χ1) is 14.4. The highest BCUT2D eigenvalue weighted by Gasteiger charge is 2.12. The molecule has 0 saturated carbocycles. The molecule has 0 atom stereocenters. The van der Waals surface area contributed by atoms with Crippen molar-refractivity contribution in [3.05, 3.63) is 70.8 Å². The van der Waals surface area contributed by atoms with E-state index in [4.69, 9.17) is 10.5 Å². The Morgan fingerprint density at radius 2 is 1.77 bits per heavy atom. The zero-order valence-electron chi connectivity index (χ0n) is 17.9. The summed E-state index contributed by atoms with van der Waals surface area (Å²) in [5.74, 6) is 0.862. The van der Waals surface area contributed by atoms with Gasteiger partial charge in [0, 0.05) is 6.54 Å². The predicted molar refractivity (Wildman–Crippen MR) is 123 cm³/mol. The predicted octanol–water partition coefficient (Wildman–Crippen LogP) is 5.44. The quantitative estimate of drug-likeness (QED) is 0.509. The summed E-state index contributed by atoms with van der Waals surface area (Å²) in [5, 5.41) is 5.92. The minimum Gasteiger partial charge on any atom is -0.450 e. The average molecular weight is 405 g/mol. The van der Waals surface area contributed by atoms with Crippen LogP contribution in [0.5, 0.6) is 0 Å². The number of amides is 1. The molecule has 0 aliphatic rings. The Bertz CT molecular complexity index is 1040. The zero-order chi connectivity index (χ0) is 21.7. The van der Waals surface area contributed by atoms with Gasteiger partial charge in [0.2, 0.25) is 0 Å². The maximum atomic E-state index is 11.6. The number of carbonyl (C=O) groups excluding carboxylic acids is 1. The SMILES string of the molecule is CCOC(=O)Nc1ccc(NCc2ccccc2-c2c(C)cc(C)cc2C)nc1N. The van der Waals surface area contributed by atoms with Crippen LogP contribution in [0.15, 0.2) is 48.5 Å². The molecular weight excluding hydrogens is 376 g/mol. The van der Waals surface area contributed by atoms with Gasteiger partial charge in [0.25, 0.3) is 0 Å². The maximum absolute atomic E-state index is 11.6. The smallest absolute Gasteiger partial charge is 0.411 e. The van der Waals surface area contributed by atoms with Gasteiger partial charge in [-0.1, -0.05) is 42.0 Å². The summed E-state index contributed by atoms with van der Waals surface area (Å²) in [7, 11) is 0. The Labute approximate surface area is 177 Å². The topological polar surface area (TPSA) is 89.3 Å². The second kappa shape index (κ2) is 9.31. The molecule has 0 unspecified atom stereocenters. The molecule has 0 saturated heterocycles. The lowest BCUT2D eigenvalue weighted by Crippen LogP contribution is -2.15. The molecule has 3 aromatic rings. The van der Waals surface area contributed by atoms with Gasteiger partial charge in [-0.2, -0.15) is 0 Å². The van der Waals surface area contributed by atoms with Crippen molar-refractivity contribution >= 4 is 23.4 Å². The number of carbonyl (C=O) groups is 1. The lowest BCUT2D eigenvalue weighted by molar-refractivity contribution is 0.168. The Kier molecular flexibility index (Phi) is 6.57. The van der Waals surface area contributed by atoms with Crippen LogP contribution in [0, 0.1) is 20.8 Å². The molecule has 1 aromatic heterocycles. The van der Waals surface area contributed by atoms with Gasteiger partial charge in [-0.3, -0.25) is 5.32 Å². The Hall–Kier alpha value is -3.54. The summed E-state index contributed by atoms with van der Waals surface area (Å²) in [5.41, 5.74) is 13.8. The van der Waals surface area contributed by atoms with Crippen LogP contribution in [-0.4, -0.2) is 17.7 Å². The third-order valence-electron chi connectivity index (χ3n) is 4.86. The minimum atomic E-state index is -0.551. The molecule has 0 aliphatic heterocycles. The van der Waals surface area contributed by atoms with Crippen LogP contribution in [0.25, 0.3) is 11.1 Å². The molecule has 1 heterocycles. The van der Waals surface area contributed by atoms with E-state index in [-0.39, 0.29) is 12.4 Å². The van der Waals surface area contributed by atoms with Crippen molar-refractivity contribution in [2.75, 3.05) is 23.0 Å². The van der Waals surface area contributed by atoms with Crippen LogP contribution < -0.4 is 16.4 Å². The molecule has 0 radical (unpaired) electrons. The fourth-order valence-corrected chi connectivity index (χ4v) is 3.67. The number of nitrogens with zero attached hydrogens (tertiary/aromatic N) is 1. The lowest BCUT2D eigenvalue weighted by atomic mass is 9.91. The summed E-state index contributed by atoms with van der Waals surface area (Å²) in [6.07, 6.45) is -0.551. The molecule has 0 fully saturated rings. The van der Waals surface area contributed by atoms with E-state index in [1.807, 2.05) is 6.07 Å². The fraction of sp³-hybridized carbons (Fsp3) is 0.250. The number of nitrogen functional groups attached to an aromatic ring is 1. The van der Waals surface area contributed by atoms with Crippen LogP contribution in [0.1, 0.15) is 29.2 Å². The minimum absolute atomic E-state index is 0.228. The number of rotatable bonds is 6. The van der Waals surface area contributed by atoms with Crippen LogP contribution in [-0.2, 0) is 11.3 Å². The van der Waals surface area contributed by atoms with Crippen LogP contribution >= 0.6 is 0 Å². The molecule has 6 heteroatoms. The average Bonchev–Trinajstić information content (AvgIpc) is 2.68. The van der Waals surface area contributed by atoms with Crippen LogP contribution in [0.3, 0.4) is 0 Å². The van der Waals surface area contributed by atoms with Crippen molar-refractivity contribution in [1.29, 1.82) is 0 Å². The Morgan fingerprint density at radius 3 is 2.43 bits per heavy atom. The second-order valence-electron chi connectivity index (χ2n) is 7.26. The van der Waals surface area contributed by atoms with E-state index in [0.29, 0.717) is 18.1 Å². The van der Waals surface area contributed by atoms with E-state index in [1.165, 1.54) is 33.4 Å². The largest absolute Gasteiger partial charge is 0.450 e. The standard InChI is InChI=1S/C24H28N4O2/c1-5-30-24(29)27-20-10-11-21(28-23(20)25)26-14-18-8-6-7-9-19(18)22-16(3)12-15(2)13-17(22)4/h6-13H,5,14H2,1-4H3,(H,27,29)(H3,25,26,28). The molecular formula is C24H28N4O2. The van der Waals surface area contributed by atoms with Gasteiger partial charge >= 0.3 is 6.09 Å². The van der Waals surface area contributed by atoms with Gasteiger partial charge in [-0.15, -0.1) is 0 Å². The number of pyridine rings is 1. The van der Waals surface area contributed by atoms with Gasteiger partial charge in [-0.25, -0.2) is 9.78 Å². The second-order valence-corrected chi connectivity index (χ2v) is 7.26. The van der Waals surface area contributed by atoms with Crippen molar-refractivity contribution < 1.29 is 9.53 Å². The highest BCUT2D eigenvalue weighted by atomic mass is 16.5. The van der Waals surface area contributed by atoms with Crippen molar-refractivity contribution in [2.24, 2.45) is 0 Å². The van der Waals surface area contributed by atoms with Gasteiger partial charge < -0.3 is 15.8 Å². The van der Waals surface area contributed by atoms with E-state index in [9.17, 15) is 4.79 Å². The highest BCUT2D eigenvalue weighted by Crippen LogP contribution is 2.31. The van der Waals surface area contributed by atoms with E-state index < -0.39 is 6.09 Å². The van der Waals surface area contributed by atoms with Gasteiger partial charge in [-0.05, 0) is 67.6 Å². The summed E-state index contributed by atoms with van der Waals surface area (Å²) in [6, 6.07) is 16.3. The van der Waals surface area contributed by atoms with E-state index in [2.05, 4.69) is 66.7 Å². The van der Waals surface area contributed by atoms with E-state index >= 15 is 0 Å². The van der Waals surface area contributed by atoms with E-state index in [1.54, 1.807) is 19.1 Å². The summed E-state index contributed by atoms with van der Waals surface area (Å²) in [4.78, 5) is 15.9. The van der Waals surface area contributed by atoms with E-state index in [0.717, 1.165) is 0 Å². The maximum Gasteiger partial charge on any atom is 0.411 e. The first-order valence-corrected chi connectivity index (χ1v) is 9.99. The van der Waals surface area contributed by atoms with Crippen molar-refractivity contribution in [3.8, 4) is 11.1 Å². The number of aryl methyl sites for hydroxylation is 3. The molecule has 1 amide bonds. The molecule has 0 spiro atoms. The first kappa shape index (κ1) is 21.2. The third-order valence-corrected chi connectivity index (χ3v) is 4.86. The summed E-state index contributed by atoms with van der Waals surface area (Å²) >= 11 is 0. The van der Waals surface area contributed by atoms with Crippen molar-refractivity contribution in [1.82, 2.24) is 4.98 Å². The number of anilines is 3. The molecule has 0 aliphatic carbocycles. The molecule has 30 heavy (non-hydrogen) atoms. The molecule has 3 rings (SSSR count). The summed E-state index contributed by atoms with van der Waals surface area (Å²) < 4.78 is 4.87. The van der Waals surface area contributed by atoms with Crippen molar-refractivity contribution in [3.63, 3.8) is 0 Å². The Morgan fingerprint density at radius 1 is 1.07 bits per heavy atom. The van der Waals surface area contributed by atoms with Gasteiger partial charge in [0.05, 0.1) is 12.3 Å². The Balaban J connectivity index is 1.79. The third kappa shape index (κ3) is 4.89. The highest BCUT2D eigenvalue weighted by molar-refractivity contribution is 5.88. The molecule has 2 aromatic carbocycles. The number of aromatic nitrogens is 1. The van der Waals surface area contributed by atoms with Crippen molar-refractivity contribution in [2.45, 2.75) is 34.2 Å². The van der Waals surface area contributed by atoms with Crippen LogP contribution in [0.2, 0.25) is 0 Å². The number of nitrogens with one attached hydrogen (secondary N) is 2. The number of ether oxygens (including phenoxy) is 1. The molecule has 6 nitrogen and oxygen atoms in total. The molecule has 0 bridgehead atoms. The zero-order valence-corrected chi connectivity index (χ0v) is 17.9. The fourth-order valence-electron chi connectivity index (χ4n) is 3.67. The number of benzene rings is 2. The molecule has 156 valence electrons. The van der Waals surface area contributed by atoms with Gasteiger partial charge in [0.1, 0.15) is 11.6 Å². The summed E-state index contributed by atoms with van der Waals surface area (Å²) in [6.45, 7) is 9.05. The van der Waals surface area contributed by atoms with Gasteiger partial charge in [0.15, 0.2) is 0 Å².